The zero-order valence-electron chi connectivity index (χ0n) is 16.6. The second-order valence-electron chi connectivity index (χ2n) is 7.54. The van der Waals surface area contributed by atoms with Gasteiger partial charge in [-0.05, 0) is 55.9 Å². The largest absolute Gasteiger partial charge is 0.490 e. The first kappa shape index (κ1) is 20.2. The molecule has 1 aromatic heterocycles. The van der Waals surface area contributed by atoms with Gasteiger partial charge < -0.3 is 23.6 Å². The van der Waals surface area contributed by atoms with Crippen LogP contribution in [0.15, 0.2) is 34.9 Å². The minimum absolute atomic E-state index is 0.0470. The summed E-state index contributed by atoms with van der Waals surface area (Å²) >= 11 is 0. The van der Waals surface area contributed by atoms with Crippen LogP contribution in [0.25, 0.3) is 0 Å². The minimum Gasteiger partial charge on any atom is -0.490 e. The Morgan fingerprint density at radius 2 is 1.87 bits per heavy atom. The first-order valence-electron chi connectivity index (χ1n) is 9.98. The standard InChI is InChI=1S/C21H23FN2O6/c1-2-27-20(25)19-9-18(30-23-19)12-28-21(26)24-10-13-7-17(8-14(13)11-24)29-16-5-3-15(22)4-6-16/h3-6,9,13-14,17H,2,7-8,10-12H2,1H3/t13-,14+,17-. The molecule has 2 heterocycles. The molecule has 1 aliphatic heterocycles. The third kappa shape index (κ3) is 4.55. The van der Waals surface area contributed by atoms with E-state index in [0.717, 1.165) is 12.8 Å². The highest BCUT2D eigenvalue weighted by molar-refractivity contribution is 5.87. The number of esters is 1. The molecule has 160 valence electrons. The van der Waals surface area contributed by atoms with Gasteiger partial charge in [0.2, 0.25) is 0 Å². The van der Waals surface area contributed by atoms with Crippen LogP contribution in [0, 0.1) is 17.7 Å². The molecule has 2 fully saturated rings. The summed E-state index contributed by atoms with van der Waals surface area (Å²) in [5.74, 6) is 0.767. The van der Waals surface area contributed by atoms with Crippen LogP contribution in [0.1, 0.15) is 36.0 Å². The molecule has 0 bridgehead atoms. The molecule has 1 amide bonds. The number of carbonyl (C=O) groups excluding carboxylic acids is 2. The summed E-state index contributed by atoms with van der Waals surface area (Å²) in [6.07, 6.45) is 1.34. The van der Waals surface area contributed by atoms with Gasteiger partial charge in [0, 0.05) is 19.2 Å². The van der Waals surface area contributed by atoms with E-state index >= 15 is 0 Å². The fourth-order valence-corrected chi connectivity index (χ4v) is 4.10. The molecule has 1 saturated heterocycles. The fraction of sp³-hybridized carbons (Fsp3) is 0.476. The molecule has 0 unspecified atom stereocenters. The van der Waals surface area contributed by atoms with E-state index in [-0.39, 0.29) is 36.6 Å². The van der Waals surface area contributed by atoms with E-state index in [0.29, 0.717) is 30.7 Å². The first-order chi connectivity index (χ1) is 14.5. The number of ether oxygens (including phenoxy) is 3. The zero-order valence-corrected chi connectivity index (χ0v) is 16.6. The number of rotatable bonds is 6. The molecule has 3 atom stereocenters. The van der Waals surface area contributed by atoms with E-state index in [1.54, 1.807) is 24.0 Å². The van der Waals surface area contributed by atoms with Gasteiger partial charge in [-0.25, -0.2) is 14.0 Å². The minimum atomic E-state index is -0.580. The van der Waals surface area contributed by atoms with Gasteiger partial charge in [-0.2, -0.15) is 0 Å². The number of nitrogens with zero attached hydrogens (tertiary/aromatic N) is 2. The maximum Gasteiger partial charge on any atom is 0.410 e. The predicted octanol–water partition coefficient (Wildman–Crippen LogP) is 3.42. The number of aromatic nitrogens is 1. The summed E-state index contributed by atoms with van der Waals surface area (Å²) in [6.45, 7) is 3.05. The molecule has 2 aromatic rings. The lowest BCUT2D eigenvalue weighted by atomic mass is 10.0. The molecule has 0 spiro atoms. The quantitative estimate of drug-likeness (QED) is 0.664. The van der Waals surface area contributed by atoms with Crippen LogP contribution in [0.3, 0.4) is 0 Å². The van der Waals surface area contributed by atoms with Crippen molar-refractivity contribution in [2.75, 3.05) is 19.7 Å². The van der Waals surface area contributed by atoms with E-state index in [2.05, 4.69) is 5.16 Å². The lowest BCUT2D eigenvalue weighted by Gasteiger charge is -2.19. The Bertz CT molecular complexity index is 885. The number of likely N-dealkylation sites (tertiary alicyclic amines) is 1. The van der Waals surface area contributed by atoms with Crippen LogP contribution in [0.2, 0.25) is 0 Å². The number of halogens is 1. The number of fused-ring (bicyclic) bond motifs is 1. The monoisotopic (exact) mass is 418 g/mol. The predicted molar refractivity (Wildman–Crippen MR) is 101 cm³/mol. The Balaban J connectivity index is 1.22. The summed E-state index contributed by atoms with van der Waals surface area (Å²) in [6, 6.07) is 7.43. The highest BCUT2D eigenvalue weighted by atomic mass is 19.1. The van der Waals surface area contributed by atoms with Crippen LogP contribution in [0.4, 0.5) is 9.18 Å². The van der Waals surface area contributed by atoms with E-state index in [1.165, 1.54) is 18.2 Å². The van der Waals surface area contributed by atoms with Crippen LogP contribution in [-0.2, 0) is 16.1 Å². The average molecular weight is 418 g/mol. The molecule has 30 heavy (non-hydrogen) atoms. The SMILES string of the molecule is CCOC(=O)c1cc(COC(=O)N2C[C@H]3C[C@@H](Oc4ccc(F)cc4)C[C@H]3C2)on1. The summed E-state index contributed by atoms with van der Waals surface area (Å²) in [4.78, 5) is 25.7. The Hall–Kier alpha value is -3.10. The third-order valence-electron chi connectivity index (χ3n) is 5.46. The van der Waals surface area contributed by atoms with Gasteiger partial charge in [-0.1, -0.05) is 5.16 Å². The van der Waals surface area contributed by atoms with Crippen LogP contribution in [0.5, 0.6) is 5.75 Å². The summed E-state index contributed by atoms with van der Waals surface area (Å²) in [5, 5.41) is 3.62. The van der Waals surface area contributed by atoms with Crippen molar-refractivity contribution in [1.29, 1.82) is 0 Å². The fourth-order valence-electron chi connectivity index (χ4n) is 4.10. The van der Waals surface area contributed by atoms with Crippen molar-refractivity contribution in [3.05, 3.63) is 47.6 Å². The van der Waals surface area contributed by atoms with Crippen molar-refractivity contribution in [2.24, 2.45) is 11.8 Å². The molecule has 2 aliphatic rings. The van der Waals surface area contributed by atoms with Gasteiger partial charge in [-0.3, -0.25) is 0 Å². The Kier molecular flexibility index (Phi) is 5.87. The van der Waals surface area contributed by atoms with Gasteiger partial charge in [0.05, 0.1) is 12.7 Å². The molecule has 9 heteroatoms. The highest BCUT2D eigenvalue weighted by Crippen LogP contribution is 2.40. The van der Waals surface area contributed by atoms with Crippen LogP contribution < -0.4 is 4.74 Å². The summed E-state index contributed by atoms with van der Waals surface area (Å²) in [7, 11) is 0. The normalized spacial score (nSPS) is 22.6. The molecule has 4 rings (SSSR count). The maximum atomic E-state index is 13.0. The molecule has 1 saturated carbocycles. The van der Waals surface area contributed by atoms with Crippen LogP contribution >= 0.6 is 0 Å². The average Bonchev–Trinajstić information content (AvgIpc) is 3.43. The van der Waals surface area contributed by atoms with Crippen molar-refractivity contribution < 1.29 is 32.7 Å². The highest BCUT2D eigenvalue weighted by Gasteiger charge is 2.43. The number of benzene rings is 1. The van der Waals surface area contributed by atoms with E-state index < -0.39 is 12.1 Å². The molecule has 1 aromatic carbocycles. The van der Waals surface area contributed by atoms with Crippen molar-refractivity contribution in [2.45, 2.75) is 32.5 Å². The molecule has 0 N–H and O–H groups in total. The lowest BCUT2D eigenvalue weighted by Crippen LogP contribution is -2.31. The Labute approximate surface area is 172 Å². The summed E-state index contributed by atoms with van der Waals surface area (Å²) in [5.41, 5.74) is 0.0470. The molecular formula is C21H23FN2O6. The van der Waals surface area contributed by atoms with Crippen molar-refractivity contribution >= 4 is 12.1 Å². The van der Waals surface area contributed by atoms with Gasteiger partial charge in [0.1, 0.15) is 11.6 Å². The molecular weight excluding hydrogens is 395 g/mol. The lowest BCUT2D eigenvalue weighted by molar-refractivity contribution is 0.0513. The zero-order chi connectivity index (χ0) is 21.1. The first-order valence-corrected chi connectivity index (χ1v) is 9.98. The van der Waals surface area contributed by atoms with E-state index in [1.807, 2.05) is 0 Å². The van der Waals surface area contributed by atoms with E-state index in [4.69, 9.17) is 18.7 Å². The van der Waals surface area contributed by atoms with Crippen molar-refractivity contribution in [3.63, 3.8) is 0 Å². The number of amides is 1. The second kappa shape index (κ2) is 8.73. The molecule has 0 radical (unpaired) electrons. The molecule has 8 nitrogen and oxygen atoms in total. The third-order valence-corrected chi connectivity index (χ3v) is 5.46. The summed E-state index contributed by atoms with van der Waals surface area (Å²) < 4.78 is 34.1. The van der Waals surface area contributed by atoms with Gasteiger partial charge in [0.25, 0.3) is 0 Å². The maximum absolute atomic E-state index is 13.0. The topological polar surface area (TPSA) is 91.1 Å². The van der Waals surface area contributed by atoms with Crippen molar-refractivity contribution in [3.8, 4) is 5.75 Å². The van der Waals surface area contributed by atoms with E-state index in [9.17, 15) is 14.0 Å². The second-order valence-corrected chi connectivity index (χ2v) is 7.54. The van der Waals surface area contributed by atoms with Crippen LogP contribution in [-0.4, -0.2) is 47.9 Å². The van der Waals surface area contributed by atoms with Crippen molar-refractivity contribution in [1.82, 2.24) is 10.1 Å². The Morgan fingerprint density at radius 1 is 1.17 bits per heavy atom. The van der Waals surface area contributed by atoms with Gasteiger partial charge in [0.15, 0.2) is 18.1 Å². The smallest absolute Gasteiger partial charge is 0.410 e. The van der Waals surface area contributed by atoms with Gasteiger partial charge >= 0.3 is 12.1 Å². The Morgan fingerprint density at radius 3 is 2.53 bits per heavy atom. The number of carbonyl (C=O) groups is 2. The number of hydrogen-bond donors (Lipinski definition) is 0. The van der Waals surface area contributed by atoms with Gasteiger partial charge in [-0.15, -0.1) is 0 Å². The molecule has 1 aliphatic carbocycles. The number of hydrogen-bond acceptors (Lipinski definition) is 7.